The average molecular weight is 410 g/mol. The molecule has 2 aromatic heterocycles. The maximum atomic E-state index is 12.9. The van der Waals surface area contributed by atoms with Gasteiger partial charge in [-0.05, 0) is 68.5 Å². The molecule has 0 spiro atoms. The number of furan rings is 1. The number of benzene rings is 1. The van der Waals surface area contributed by atoms with E-state index in [0.29, 0.717) is 11.8 Å². The van der Waals surface area contributed by atoms with Gasteiger partial charge >= 0.3 is 0 Å². The third-order valence-corrected chi connectivity index (χ3v) is 6.76. The Morgan fingerprint density at radius 3 is 2.59 bits per heavy atom. The molecule has 4 rings (SSSR count). The lowest BCUT2D eigenvalue weighted by atomic mass is 9.95. The molecule has 0 N–H and O–H groups in total. The zero-order valence-electron chi connectivity index (χ0n) is 17.3. The summed E-state index contributed by atoms with van der Waals surface area (Å²) in [5.41, 5.74) is 4.19. The number of aromatic nitrogens is 3. The van der Waals surface area contributed by atoms with Crippen LogP contribution in [0.15, 0.2) is 40.1 Å². The molecule has 0 radical (unpaired) electrons. The Labute approximate surface area is 175 Å². The maximum absolute atomic E-state index is 12.9. The van der Waals surface area contributed by atoms with E-state index in [4.69, 9.17) is 4.42 Å². The van der Waals surface area contributed by atoms with Gasteiger partial charge in [0.25, 0.3) is 0 Å². The Kier molecular flexibility index (Phi) is 5.90. The molecule has 3 aromatic rings. The third-order valence-electron chi connectivity index (χ3n) is 5.82. The summed E-state index contributed by atoms with van der Waals surface area (Å²) < 4.78 is 7.80. The second kappa shape index (κ2) is 8.57. The van der Waals surface area contributed by atoms with Crippen LogP contribution in [-0.2, 0) is 0 Å². The zero-order valence-corrected chi connectivity index (χ0v) is 18.1. The van der Waals surface area contributed by atoms with E-state index in [1.54, 1.807) is 6.26 Å². The number of aryl methyl sites for hydroxylation is 3. The molecular formula is C23H27N3O2S. The van der Waals surface area contributed by atoms with Crippen LogP contribution in [0.5, 0.6) is 0 Å². The smallest absolute Gasteiger partial charge is 0.200 e. The largest absolute Gasteiger partial charge is 0.461 e. The van der Waals surface area contributed by atoms with E-state index in [0.717, 1.165) is 46.3 Å². The lowest BCUT2D eigenvalue weighted by molar-refractivity contribution is 0.102. The van der Waals surface area contributed by atoms with Crippen LogP contribution in [0.25, 0.3) is 11.6 Å². The Morgan fingerprint density at radius 2 is 1.86 bits per heavy atom. The molecule has 1 fully saturated rings. The molecule has 0 bridgehead atoms. The molecule has 0 atom stereocenters. The molecule has 152 valence electrons. The van der Waals surface area contributed by atoms with Gasteiger partial charge in [0, 0.05) is 11.6 Å². The van der Waals surface area contributed by atoms with Crippen molar-refractivity contribution in [2.24, 2.45) is 0 Å². The van der Waals surface area contributed by atoms with Crippen LogP contribution >= 0.6 is 11.8 Å². The quantitative estimate of drug-likeness (QED) is 0.372. The van der Waals surface area contributed by atoms with Crippen molar-refractivity contribution in [3.8, 4) is 11.6 Å². The summed E-state index contributed by atoms with van der Waals surface area (Å²) in [5, 5.41) is 9.65. The fourth-order valence-electron chi connectivity index (χ4n) is 4.09. The van der Waals surface area contributed by atoms with Gasteiger partial charge in [-0.15, -0.1) is 10.2 Å². The first-order valence-electron chi connectivity index (χ1n) is 10.3. The van der Waals surface area contributed by atoms with Gasteiger partial charge in [0.15, 0.2) is 16.7 Å². The highest BCUT2D eigenvalue weighted by molar-refractivity contribution is 7.99. The number of rotatable bonds is 6. The van der Waals surface area contributed by atoms with Gasteiger partial charge in [-0.25, -0.2) is 0 Å². The normalized spacial score (nSPS) is 15.0. The number of thioether (sulfide) groups is 1. The van der Waals surface area contributed by atoms with Crippen LogP contribution in [0.1, 0.15) is 65.2 Å². The van der Waals surface area contributed by atoms with E-state index in [1.807, 2.05) is 32.0 Å². The SMILES string of the molecule is Cc1cc(C)c(C(=O)CSc2nnc(-c3ccco3)n2C2CCCCC2)cc1C. The molecular weight excluding hydrogens is 382 g/mol. The minimum absolute atomic E-state index is 0.133. The second-order valence-electron chi connectivity index (χ2n) is 7.91. The molecule has 1 aromatic carbocycles. The first-order valence-corrected chi connectivity index (χ1v) is 11.3. The van der Waals surface area contributed by atoms with Crippen molar-refractivity contribution in [1.29, 1.82) is 0 Å². The summed E-state index contributed by atoms with van der Waals surface area (Å²) in [6.07, 6.45) is 7.60. The van der Waals surface area contributed by atoms with Gasteiger partial charge in [0.2, 0.25) is 5.82 Å². The monoisotopic (exact) mass is 409 g/mol. The van der Waals surface area contributed by atoms with Gasteiger partial charge < -0.3 is 4.42 Å². The molecule has 0 amide bonds. The third kappa shape index (κ3) is 4.17. The van der Waals surface area contributed by atoms with Crippen molar-refractivity contribution in [2.45, 2.75) is 64.1 Å². The number of hydrogen-bond acceptors (Lipinski definition) is 5. The molecule has 1 aliphatic carbocycles. The number of Topliss-reactive ketones (excluding diaryl/α,β-unsaturated/α-hetero) is 1. The van der Waals surface area contributed by atoms with Crippen LogP contribution < -0.4 is 0 Å². The summed E-state index contributed by atoms with van der Waals surface area (Å²) >= 11 is 1.48. The number of nitrogens with zero attached hydrogens (tertiary/aromatic N) is 3. The van der Waals surface area contributed by atoms with Crippen LogP contribution in [0.4, 0.5) is 0 Å². The van der Waals surface area contributed by atoms with E-state index < -0.39 is 0 Å². The van der Waals surface area contributed by atoms with E-state index in [-0.39, 0.29) is 5.78 Å². The molecule has 0 unspecified atom stereocenters. The number of carbonyl (C=O) groups excluding carboxylic acids is 1. The van der Waals surface area contributed by atoms with Crippen LogP contribution in [0, 0.1) is 20.8 Å². The van der Waals surface area contributed by atoms with E-state index in [1.165, 1.54) is 36.6 Å². The van der Waals surface area contributed by atoms with Crippen LogP contribution in [0.3, 0.4) is 0 Å². The topological polar surface area (TPSA) is 60.9 Å². The van der Waals surface area contributed by atoms with Crippen molar-refractivity contribution in [3.63, 3.8) is 0 Å². The summed E-state index contributed by atoms with van der Waals surface area (Å²) in [6, 6.07) is 8.25. The molecule has 29 heavy (non-hydrogen) atoms. The van der Waals surface area contributed by atoms with Gasteiger partial charge in [-0.3, -0.25) is 9.36 Å². The van der Waals surface area contributed by atoms with Gasteiger partial charge in [-0.1, -0.05) is 37.1 Å². The van der Waals surface area contributed by atoms with E-state index >= 15 is 0 Å². The van der Waals surface area contributed by atoms with Crippen molar-refractivity contribution < 1.29 is 9.21 Å². The summed E-state index contributed by atoms with van der Waals surface area (Å²) in [5.74, 6) is 1.98. The average Bonchev–Trinajstić information content (AvgIpc) is 3.39. The maximum Gasteiger partial charge on any atom is 0.200 e. The second-order valence-corrected chi connectivity index (χ2v) is 8.85. The molecule has 0 aliphatic heterocycles. The summed E-state index contributed by atoms with van der Waals surface area (Å²) in [7, 11) is 0. The fraction of sp³-hybridized carbons (Fsp3) is 0.435. The predicted molar refractivity (Wildman–Crippen MR) is 116 cm³/mol. The lowest BCUT2D eigenvalue weighted by Crippen LogP contribution is -2.15. The predicted octanol–water partition coefficient (Wildman–Crippen LogP) is 5.94. The Hall–Kier alpha value is -2.34. The highest BCUT2D eigenvalue weighted by atomic mass is 32.2. The first-order chi connectivity index (χ1) is 14.0. The highest BCUT2D eigenvalue weighted by Crippen LogP contribution is 2.36. The zero-order chi connectivity index (χ0) is 20.4. The molecule has 0 saturated heterocycles. The van der Waals surface area contributed by atoms with Crippen molar-refractivity contribution in [3.05, 3.63) is 52.8 Å². The Bertz CT molecular complexity index is 1000. The molecule has 2 heterocycles. The number of carbonyl (C=O) groups is 1. The van der Waals surface area contributed by atoms with Crippen molar-refractivity contribution in [2.75, 3.05) is 5.75 Å². The van der Waals surface area contributed by atoms with Gasteiger partial charge in [0.1, 0.15) is 0 Å². The molecule has 1 saturated carbocycles. The van der Waals surface area contributed by atoms with Crippen molar-refractivity contribution >= 4 is 17.5 Å². The summed E-state index contributed by atoms with van der Waals surface area (Å²) in [6.45, 7) is 6.13. The summed E-state index contributed by atoms with van der Waals surface area (Å²) in [4.78, 5) is 12.9. The molecule has 1 aliphatic rings. The van der Waals surface area contributed by atoms with Crippen molar-refractivity contribution in [1.82, 2.24) is 14.8 Å². The molecule has 5 nitrogen and oxygen atoms in total. The Morgan fingerprint density at radius 1 is 1.10 bits per heavy atom. The fourth-order valence-corrected chi connectivity index (χ4v) is 4.98. The first kappa shape index (κ1) is 20.0. The van der Waals surface area contributed by atoms with Gasteiger partial charge in [-0.2, -0.15) is 0 Å². The molecule has 6 heteroatoms. The Balaban J connectivity index is 1.59. The van der Waals surface area contributed by atoms with E-state index in [9.17, 15) is 4.79 Å². The standard InChI is InChI=1S/C23H27N3O2S/c1-15-12-17(3)19(13-16(15)2)20(27)14-29-23-25-24-22(21-10-7-11-28-21)26(23)18-8-5-4-6-9-18/h7,10-13,18H,4-6,8-9,14H2,1-3H3. The lowest BCUT2D eigenvalue weighted by Gasteiger charge is -2.25. The van der Waals surface area contributed by atoms with Crippen LogP contribution in [0.2, 0.25) is 0 Å². The highest BCUT2D eigenvalue weighted by Gasteiger charge is 2.25. The minimum Gasteiger partial charge on any atom is -0.461 e. The van der Waals surface area contributed by atoms with E-state index in [2.05, 4.69) is 27.8 Å². The number of ketones is 1. The van der Waals surface area contributed by atoms with Gasteiger partial charge in [0.05, 0.1) is 12.0 Å². The number of hydrogen-bond donors (Lipinski definition) is 0. The van der Waals surface area contributed by atoms with Crippen LogP contribution in [-0.4, -0.2) is 26.3 Å². The minimum atomic E-state index is 0.133.